The van der Waals surface area contributed by atoms with E-state index in [9.17, 15) is 4.79 Å². The average Bonchev–Trinajstić information content (AvgIpc) is 3.08. The van der Waals surface area contributed by atoms with Crippen molar-refractivity contribution in [2.45, 2.75) is 24.4 Å². The van der Waals surface area contributed by atoms with Gasteiger partial charge in [-0.3, -0.25) is 14.7 Å². The fraction of sp³-hybridized carbons (Fsp3) is 0.150. The van der Waals surface area contributed by atoms with Gasteiger partial charge in [0.05, 0.1) is 0 Å². The van der Waals surface area contributed by atoms with Crippen molar-refractivity contribution in [3.63, 3.8) is 0 Å². The first kappa shape index (κ1) is 21.7. The van der Waals surface area contributed by atoms with Crippen molar-refractivity contribution in [1.29, 1.82) is 0 Å². The maximum atomic E-state index is 12.3. The van der Waals surface area contributed by atoms with Gasteiger partial charge < -0.3 is 0 Å². The first-order valence-electron chi connectivity index (χ1n) is 8.71. The number of carbonyl (C=O) groups excluding carboxylic acids is 1. The van der Waals surface area contributed by atoms with Crippen LogP contribution < -0.4 is 5.32 Å². The van der Waals surface area contributed by atoms with Crippen LogP contribution in [0.1, 0.15) is 18.1 Å². The molecule has 0 saturated heterocycles. The van der Waals surface area contributed by atoms with Gasteiger partial charge in [-0.2, -0.15) is 0 Å². The van der Waals surface area contributed by atoms with E-state index in [1.807, 2.05) is 35.8 Å². The molecule has 3 aromatic rings. The van der Waals surface area contributed by atoms with E-state index in [1.165, 1.54) is 17.8 Å². The van der Waals surface area contributed by atoms with E-state index in [1.54, 1.807) is 24.3 Å². The summed E-state index contributed by atoms with van der Waals surface area (Å²) in [5, 5.41) is 13.4. The largest absolute Gasteiger partial charge is 0.291 e. The van der Waals surface area contributed by atoms with Gasteiger partial charge in [-0.1, -0.05) is 70.8 Å². The van der Waals surface area contributed by atoms with E-state index in [2.05, 4.69) is 15.5 Å². The van der Waals surface area contributed by atoms with E-state index in [-0.39, 0.29) is 5.91 Å². The van der Waals surface area contributed by atoms with Crippen molar-refractivity contribution < 1.29 is 4.79 Å². The molecule has 0 fully saturated rings. The fourth-order valence-corrected chi connectivity index (χ4v) is 4.24. The van der Waals surface area contributed by atoms with Crippen molar-refractivity contribution in [2.75, 3.05) is 5.32 Å². The molecule has 0 aliphatic carbocycles. The maximum Gasteiger partial charge on any atom is 0.250 e. The van der Waals surface area contributed by atoms with Gasteiger partial charge in [-0.25, -0.2) is 0 Å². The van der Waals surface area contributed by atoms with E-state index in [0.717, 1.165) is 5.56 Å². The standard InChI is InChI=1S/C20H17Cl3N4OS/c1-2-27-19(24-18(28)10-8-13-7-9-15(21)11-17(13)23)25-26-20(27)29-12-14-5-3-4-6-16(14)22/h3-11H,2,12H2,1H3,(H,24,25,28)/b10-8+. The molecule has 0 spiro atoms. The van der Waals surface area contributed by atoms with Crippen LogP contribution in [0.15, 0.2) is 53.7 Å². The Morgan fingerprint density at radius 1 is 1.14 bits per heavy atom. The molecule has 0 radical (unpaired) electrons. The molecule has 0 bridgehead atoms. The second kappa shape index (κ2) is 10.2. The van der Waals surface area contributed by atoms with Gasteiger partial charge in [0.1, 0.15) is 0 Å². The molecule has 9 heteroatoms. The summed E-state index contributed by atoms with van der Waals surface area (Å²) in [5.74, 6) is 0.701. The van der Waals surface area contributed by atoms with Crippen LogP contribution in [0.5, 0.6) is 0 Å². The smallest absolute Gasteiger partial charge is 0.250 e. The van der Waals surface area contributed by atoms with Crippen LogP contribution in [-0.2, 0) is 17.1 Å². The van der Waals surface area contributed by atoms with E-state index < -0.39 is 0 Å². The zero-order valence-corrected chi connectivity index (χ0v) is 18.5. The minimum Gasteiger partial charge on any atom is -0.291 e. The van der Waals surface area contributed by atoms with Crippen LogP contribution in [-0.4, -0.2) is 20.7 Å². The molecular weight excluding hydrogens is 451 g/mol. The summed E-state index contributed by atoms with van der Waals surface area (Å²) in [7, 11) is 0. The van der Waals surface area contributed by atoms with E-state index >= 15 is 0 Å². The lowest BCUT2D eigenvalue weighted by atomic mass is 10.2. The Labute approximate surface area is 188 Å². The Hall–Kier alpha value is -1.99. The lowest BCUT2D eigenvalue weighted by Crippen LogP contribution is -2.13. The lowest BCUT2D eigenvalue weighted by Gasteiger charge is -2.08. The Morgan fingerprint density at radius 2 is 1.93 bits per heavy atom. The first-order chi connectivity index (χ1) is 14.0. The van der Waals surface area contributed by atoms with Gasteiger partial charge in [0.15, 0.2) is 5.16 Å². The van der Waals surface area contributed by atoms with Gasteiger partial charge in [-0.05, 0) is 42.3 Å². The molecule has 3 rings (SSSR count). The Bertz CT molecular complexity index is 1050. The third kappa shape index (κ3) is 5.76. The van der Waals surface area contributed by atoms with Crippen molar-refractivity contribution in [2.24, 2.45) is 0 Å². The molecule has 1 N–H and O–H groups in total. The Kier molecular flexibility index (Phi) is 7.61. The number of hydrogen-bond acceptors (Lipinski definition) is 4. The summed E-state index contributed by atoms with van der Waals surface area (Å²) in [5.41, 5.74) is 1.71. The molecule has 0 aliphatic rings. The summed E-state index contributed by atoms with van der Waals surface area (Å²) in [6, 6.07) is 12.7. The second-order valence-corrected chi connectivity index (χ2v) is 8.11. The quantitative estimate of drug-likeness (QED) is 0.332. The summed E-state index contributed by atoms with van der Waals surface area (Å²) >= 11 is 19.7. The van der Waals surface area contributed by atoms with Crippen LogP contribution >= 0.6 is 46.6 Å². The molecule has 0 saturated carbocycles. The number of halogens is 3. The minimum atomic E-state index is -0.333. The summed E-state index contributed by atoms with van der Waals surface area (Å²) in [4.78, 5) is 12.3. The molecular formula is C20H17Cl3N4OS. The van der Waals surface area contributed by atoms with Crippen molar-refractivity contribution >= 4 is 64.5 Å². The highest BCUT2D eigenvalue weighted by molar-refractivity contribution is 7.98. The zero-order valence-electron chi connectivity index (χ0n) is 15.4. The number of hydrogen-bond donors (Lipinski definition) is 1. The fourth-order valence-electron chi connectivity index (χ4n) is 2.48. The SMILES string of the molecule is CCn1c(NC(=O)/C=C/c2ccc(Cl)cc2Cl)nnc1SCc1ccccc1Cl. The number of nitrogens with one attached hydrogen (secondary N) is 1. The number of aromatic nitrogens is 3. The summed E-state index contributed by atoms with van der Waals surface area (Å²) in [6.45, 7) is 2.57. The second-order valence-electron chi connectivity index (χ2n) is 5.92. The third-order valence-electron chi connectivity index (χ3n) is 3.96. The highest BCUT2D eigenvalue weighted by Crippen LogP contribution is 2.27. The Morgan fingerprint density at radius 3 is 2.66 bits per heavy atom. The minimum absolute atomic E-state index is 0.333. The molecule has 1 heterocycles. The molecule has 0 aliphatic heterocycles. The average molecular weight is 468 g/mol. The molecule has 0 unspecified atom stereocenters. The van der Waals surface area contributed by atoms with Gasteiger partial charge in [0, 0.05) is 33.4 Å². The predicted octanol–water partition coefficient (Wildman–Crippen LogP) is 6.20. The van der Waals surface area contributed by atoms with Gasteiger partial charge in [-0.15, -0.1) is 10.2 Å². The number of nitrogens with zero attached hydrogens (tertiary/aromatic N) is 3. The lowest BCUT2D eigenvalue weighted by molar-refractivity contribution is -0.111. The molecule has 29 heavy (non-hydrogen) atoms. The predicted molar refractivity (Wildman–Crippen MR) is 121 cm³/mol. The van der Waals surface area contributed by atoms with Crippen molar-refractivity contribution in [3.05, 3.63) is 74.7 Å². The van der Waals surface area contributed by atoms with Crippen molar-refractivity contribution in [1.82, 2.24) is 14.8 Å². The third-order valence-corrected chi connectivity index (χ3v) is 5.91. The van der Waals surface area contributed by atoms with E-state index in [4.69, 9.17) is 34.8 Å². The molecule has 5 nitrogen and oxygen atoms in total. The maximum absolute atomic E-state index is 12.3. The molecule has 1 amide bonds. The van der Waals surface area contributed by atoms with Crippen molar-refractivity contribution in [3.8, 4) is 0 Å². The number of anilines is 1. The highest BCUT2D eigenvalue weighted by Gasteiger charge is 2.13. The zero-order chi connectivity index (χ0) is 20.8. The number of amides is 1. The number of carbonyl (C=O) groups is 1. The first-order valence-corrected chi connectivity index (χ1v) is 10.8. The van der Waals surface area contributed by atoms with Crippen LogP contribution in [0.25, 0.3) is 6.08 Å². The Balaban J connectivity index is 1.67. The van der Waals surface area contributed by atoms with Gasteiger partial charge in [0.25, 0.3) is 5.91 Å². The topological polar surface area (TPSA) is 59.8 Å². The monoisotopic (exact) mass is 466 g/mol. The van der Waals surface area contributed by atoms with Crippen LogP contribution in [0.3, 0.4) is 0 Å². The van der Waals surface area contributed by atoms with E-state index in [0.29, 0.717) is 44.0 Å². The molecule has 150 valence electrons. The summed E-state index contributed by atoms with van der Waals surface area (Å²) in [6.07, 6.45) is 3.01. The molecule has 1 aromatic heterocycles. The van der Waals surface area contributed by atoms with Gasteiger partial charge in [0.2, 0.25) is 5.95 Å². The normalized spacial score (nSPS) is 11.2. The molecule has 2 aromatic carbocycles. The van der Waals surface area contributed by atoms with Gasteiger partial charge >= 0.3 is 0 Å². The van der Waals surface area contributed by atoms with Crippen LogP contribution in [0.4, 0.5) is 5.95 Å². The van der Waals surface area contributed by atoms with Crippen LogP contribution in [0.2, 0.25) is 15.1 Å². The highest BCUT2D eigenvalue weighted by atomic mass is 35.5. The van der Waals surface area contributed by atoms with Crippen LogP contribution in [0, 0.1) is 0 Å². The number of rotatable bonds is 7. The molecule has 0 atom stereocenters. The summed E-state index contributed by atoms with van der Waals surface area (Å²) < 4.78 is 1.84. The number of thioether (sulfide) groups is 1. The number of benzene rings is 2.